The van der Waals surface area contributed by atoms with Crippen LogP contribution in [0.25, 0.3) is 10.2 Å². The molecule has 1 aromatic carbocycles. The molecule has 1 aliphatic heterocycles. The zero-order valence-electron chi connectivity index (χ0n) is 18.4. The Balaban J connectivity index is 1.53. The molecule has 2 aliphatic rings. The van der Waals surface area contributed by atoms with Gasteiger partial charge in [-0.3, -0.25) is 9.59 Å². The van der Waals surface area contributed by atoms with Crippen molar-refractivity contribution in [3.05, 3.63) is 58.9 Å². The van der Waals surface area contributed by atoms with Crippen molar-refractivity contribution in [3.63, 3.8) is 0 Å². The van der Waals surface area contributed by atoms with Crippen LogP contribution < -0.4 is 5.32 Å². The average molecular weight is 454 g/mol. The van der Waals surface area contributed by atoms with Crippen LogP contribution in [-0.4, -0.2) is 32.9 Å². The predicted octanol–water partition coefficient (Wildman–Crippen LogP) is 4.95. The summed E-state index contributed by atoms with van der Waals surface area (Å²) in [4.78, 5) is 29.1. The number of amides is 2. The normalized spacial score (nSPS) is 25.7. The van der Waals surface area contributed by atoms with Crippen molar-refractivity contribution in [2.75, 3.05) is 0 Å². The van der Waals surface area contributed by atoms with Crippen molar-refractivity contribution < 1.29 is 14.0 Å². The van der Waals surface area contributed by atoms with Crippen LogP contribution in [0.4, 0.5) is 4.39 Å². The summed E-state index contributed by atoms with van der Waals surface area (Å²) >= 11 is 1.59. The molecule has 0 bridgehead atoms. The Labute approximate surface area is 191 Å². The number of rotatable bonds is 4. The fourth-order valence-corrected chi connectivity index (χ4v) is 6.02. The molecule has 1 aliphatic carbocycles. The topological polar surface area (TPSA) is 54.3 Å². The van der Waals surface area contributed by atoms with E-state index in [0.29, 0.717) is 23.7 Å². The van der Waals surface area contributed by atoms with Gasteiger partial charge in [-0.1, -0.05) is 31.9 Å². The lowest BCUT2D eigenvalue weighted by Crippen LogP contribution is -2.65. The van der Waals surface area contributed by atoms with E-state index in [2.05, 4.69) is 12.2 Å². The SMILES string of the molecule is C[C@@H]1CCCC[C@@H]1NC(=O)[C@]1(C)Cn2c(cc3sccc32)C(=O)N1Cc1cccc(F)c1. The molecule has 7 heteroatoms. The van der Waals surface area contributed by atoms with Gasteiger partial charge in [-0.05, 0) is 60.9 Å². The Hall–Kier alpha value is -2.67. The summed E-state index contributed by atoms with van der Waals surface area (Å²) in [5, 5.41) is 5.28. The summed E-state index contributed by atoms with van der Waals surface area (Å²) in [5.74, 6) is -0.266. The van der Waals surface area contributed by atoms with Crippen LogP contribution in [0, 0.1) is 11.7 Å². The molecule has 5 nitrogen and oxygen atoms in total. The molecule has 1 N–H and O–H groups in total. The second-order valence-corrected chi connectivity index (χ2v) is 10.4. The first-order valence-corrected chi connectivity index (χ1v) is 12.2. The molecular formula is C25H28FN3O2S. The molecule has 0 radical (unpaired) electrons. The van der Waals surface area contributed by atoms with E-state index in [-0.39, 0.29) is 30.2 Å². The largest absolute Gasteiger partial charge is 0.351 e. The van der Waals surface area contributed by atoms with E-state index < -0.39 is 5.54 Å². The Bertz CT molecular complexity index is 1190. The smallest absolute Gasteiger partial charge is 0.271 e. The minimum Gasteiger partial charge on any atom is -0.351 e. The number of nitrogens with zero attached hydrogens (tertiary/aromatic N) is 2. The lowest BCUT2D eigenvalue weighted by molar-refractivity contribution is -0.134. The van der Waals surface area contributed by atoms with Crippen molar-refractivity contribution in [2.45, 2.75) is 64.2 Å². The maximum atomic E-state index is 13.9. The highest BCUT2D eigenvalue weighted by Crippen LogP contribution is 2.36. The van der Waals surface area contributed by atoms with Gasteiger partial charge in [0, 0.05) is 12.6 Å². The van der Waals surface area contributed by atoms with Crippen molar-refractivity contribution in [2.24, 2.45) is 5.92 Å². The number of hydrogen-bond acceptors (Lipinski definition) is 3. The third-order valence-corrected chi connectivity index (χ3v) is 8.05. The molecule has 3 aromatic rings. The van der Waals surface area contributed by atoms with Crippen LogP contribution in [-0.2, 0) is 17.9 Å². The molecule has 3 atom stereocenters. The van der Waals surface area contributed by atoms with E-state index in [0.717, 1.165) is 29.5 Å². The Kier molecular flexibility index (Phi) is 5.32. The Morgan fingerprint density at radius 1 is 1.25 bits per heavy atom. The molecule has 32 heavy (non-hydrogen) atoms. The molecule has 0 saturated heterocycles. The summed E-state index contributed by atoms with van der Waals surface area (Å²) in [6.45, 7) is 4.58. The van der Waals surface area contributed by atoms with Crippen molar-refractivity contribution in [1.29, 1.82) is 0 Å². The fraction of sp³-hybridized carbons (Fsp3) is 0.440. The summed E-state index contributed by atoms with van der Waals surface area (Å²) < 4.78 is 16.9. The van der Waals surface area contributed by atoms with Gasteiger partial charge in [-0.15, -0.1) is 11.3 Å². The third kappa shape index (κ3) is 3.52. The highest BCUT2D eigenvalue weighted by molar-refractivity contribution is 7.17. The minimum atomic E-state index is -1.08. The van der Waals surface area contributed by atoms with Crippen molar-refractivity contribution in [1.82, 2.24) is 14.8 Å². The summed E-state index contributed by atoms with van der Waals surface area (Å²) in [6.07, 6.45) is 4.36. The van der Waals surface area contributed by atoms with Gasteiger partial charge < -0.3 is 14.8 Å². The number of carbonyl (C=O) groups excluding carboxylic acids is 2. The van der Waals surface area contributed by atoms with Gasteiger partial charge in [0.15, 0.2) is 0 Å². The second kappa shape index (κ2) is 8.03. The fourth-order valence-electron chi connectivity index (χ4n) is 5.19. The monoisotopic (exact) mass is 453 g/mol. The number of aromatic nitrogens is 1. The first kappa shape index (κ1) is 21.2. The molecule has 2 amide bonds. The Morgan fingerprint density at radius 2 is 2.06 bits per heavy atom. The van der Waals surface area contributed by atoms with Crippen molar-refractivity contribution in [3.8, 4) is 0 Å². The molecule has 1 fully saturated rings. The van der Waals surface area contributed by atoms with Gasteiger partial charge in [0.1, 0.15) is 17.1 Å². The van der Waals surface area contributed by atoms with E-state index in [1.54, 1.807) is 28.4 Å². The number of hydrogen-bond donors (Lipinski definition) is 1. The maximum absolute atomic E-state index is 13.9. The number of halogens is 1. The Morgan fingerprint density at radius 3 is 2.84 bits per heavy atom. The first-order chi connectivity index (χ1) is 15.4. The van der Waals surface area contributed by atoms with E-state index in [1.807, 2.05) is 29.0 Å². The third-order valence-electron chi connectivity index (χ3n) is 7.20. The number of fused-ring (bicyclic) bond motifs is 3. The number of nitrogens with one attached hydrogen (secondary N) is 1. The quantitative estimate of drug-likeness (QED) is 0.608. The highest BCUT2D eigenvalue weighted by Gasteiger charge is 2.48. The van der Waals surface area contributed by atoms with Crippen LogP contribution in [0.3, 0.4) is 0 Å². The number of benzene rings is 1. The van der Waals surface area contributed by atoms with Crippen LogP contribution in [0.5, 0.6) is 0 Å². The van der Waals surface area contributed by atoms with Crippen LogP contribution >= 0.6 is 11.3 Å². The molecular weight excluding hydrogens is 425 g/mol. The second-order valence-electron chi connectivity index (χ2n) is 9.42. The van der Waals surface area contributed by atoms with Crippen molar-refractivity contribution >= 4 is 33.4 Å². The van der Waals surface area contributed by atoms with E-state index >= 15 is 0 Å². The van der Waals surface area contributed by atoms with E-state index in [1.165, 1.54) is 18.6 Å². The standard InChI is InChI=1S/C25H28FN3O2S/c1-16-6-3-4-9-19(16)27-24(31)25(2)15-28-20-10-11-32-22(20)13-21(28)23(30)29(25)14-17-7-5-8-18(26)12-17/h5,7-8,10-13,16,19H,3-4,6,9,14-15H2,1-2H3,(H,27,31)/t16-,19+,25+/m1/s1. The summed E-state index contributed by atoms with van der Waals surface area (Å²) in [6, 6.07) is 10.3. The van der Waals surface area contributed by atoms with Gasteiger partial charge in [0.25, 0.3) is 5.91 Å². The zero-order valence-corrected chi connectivity index (χ0v) is 19.3. The van der Waals surface area contributed by atoms with Gasteiger partial charge in [0.05, 0.1) is 16.8 Å². The van der Waals surface area contributed by atoms with E-state index in [9.17, 15) is 14.0 Å². The molecule has 5 rings (SSSR count). The molecule has 0 spiro atoms. The molecule has 168 valence electrons. The highest BCUT2D eigenvalue weighted by atomic mass is 32.1. The maximum Gasteiger partial charge on any atom is 0.271 e. The van der Waals surface area contributed by atoms with Crippen LogP contribution in [0.2, 0.25) is 0 Å². The van der Waals surface area contributed by atoms with Gasteiger partial charge in [-0.2, -0.15) is 0 Å². The zero-order chi connectivity index (χ0) is 22.5. The van der Waals surface area contributed by atoms with Gasteiger partial charge in [0.2, 0.25) is 5.91 Å². The molecule has 0 unspecified atom stereocenters. The lowest BCUT2D eigenvalue weighted by atomic mass is 9.85. The molecule has 3 heterocycles. The molecule has 1 saturated carbocycles. The van der Waals surface area contributed by atoms with E-state index in [4.69, 9.17) is 0 Å². The van der Waals surface area contributed by atoms with Gasteiger partial charge in [-0.25, -0.2) is 4.39 Å². The number of thiophene rings is 1. The summed E-state index contributed by atoms with van der Waals surface area (Å²) in [7, 11) is 0. The van der Waals surface area contributed by atoms with Crippen LogP contribution in [0.1, 0.15) is 55.6 Å². The average Bonchev–Trinajstić information content (AvgIpc) is 3.35. The number of carbonyl (C=O) groups is 2. The summed E-state index contributed by atoms with van der Waals surface area (Å²) in [5.41, 5.74) is 1.15. The van der Waals surface area contributed by atoms with Crippen LogP contribution in [0.15, 0.2) is 41.8 Å². The predicted molar refractivity (Wildman–Crippen MR) is 124 cm³/mol. The minimum absolute atomic E-state index is 0.117. The molecule has 2 aromatic heterocycles. The first-order valence-electron chi connectivity index (χ1n) is 11.3. The lowest BCUT2D eigenvalue weighted by Gasteiger charge is -2.45. The van der Waals surface area contributed by atoms with Gasteiger partial charge >= 0.3 is 0 Å².